The Labute approximate surface area is 126 Å². The lowest BCUT2D eigenvalue weighted by Gasteiger charge is -2.07. The Morgan fingerprint density at radius 3 is 2.19 bits per heavy atom. The van der Waals surface area contributed by atoms with E-state index in [9.17, 15) is 0 Å². The summed E-state index contributed by atoms with van der Waals surface area (Å²) in [5.41, 5.74) is 1.04. The molecule has 1 heterocycles. The number of aromatic nitrogens is 1. The van der Waals surface area contributed by atoms with Crippen LogP contribution in [-0.4, -0.2) is 64.9 Å². The number of nitrogens with one attached hydrogen (secondary N) is 1. The molecule has 0 spiro atoms. The molecule has 0 amide bonds. The molecule has 1 rings (SSSR count). The second-order valence-corrected chi connectivity index (χ2v) is 4.33. The maximum Gasteiger partial charge on any atom is 0.0701 e. The Kier molecular flexibility index (Phi) is 11.9. The molecule has 0 atom stereocenters. The van der Waals surface area contributed by atoms with E-state index < -0.39 is 0 Å². The summed E-state index contributed by atoms with van der Waals surface area (Å²) in [5.74, 6) is 0. The molecule has 21 heavy (non-hydrogen) atoms. The standard InChI is InChI=1S/C15H26N2O4/c1-18-8-9-20-12-13-21-11-10-19-7-6-16-14-15-4-2-3-5-17-15/h2-5,16H,6-14H2,1H3. The first-order chi connectivity index (χ1) is 10.4. The Balaban J connectivity index is 1.75. The normalized spacial score (nSPS) is 10.9. The quantitative estimate of drug-likeness (QED) is 0.514. The molecular weight excluding hydrogens is 272 g/mol. The summed E-state index contributed by atoms with van der Waals surface area (Å²) in [4.78, 5) is 4.23. The van der Waals surface area contributed by atoms with Crippen LogP contribution in [0.15, 0.2) is 24.4 Å². The van der Waals surface area contributed by atoms with Crippen molar-refractivity contribution < 1.29 is 18.9 Å². The lowest BCUT2D eigenvalue weighted by Crippen LogP contribution is -2.21. The van der Waals surface area contributed by atoms with Crippen molar-refractivity contribution in [2.45, 2.75) is 6.54 Å². The summed E-state index contributed by atoms with van der Waals surface area (Å²) < 4.78 is 21.0. The van der Waals surface area contributed by atoms with E-state index in [0.29, 0.717) is 46.2 Å². The lowest BCUT2D eigenvalue weighted by atomic mass is 10.3. The minimum absolute atomic E-state index is 0.588. The number of hydrogen-bond donors (Lipinski definition) is 1. The summed E-state index contributed by atoms with van der Waals surface area (Å²) >= 11 is 0. The average molecular weight is 298 g/mol. The molecule has 0 bridgehead atoms. The molecule has 1 aromatic rings. The first kappa shape index (κ1) is 18.0. The molecule has 0 aliphatic carbocycles. The van der Waals surface area contributed by atoms with Crippen molar-refractivity contribution in [3.63, 3.8) is 0 Å². The number of rotatable bonds is 14. The van der Waals surface area contributed by atoms with Gasteiger partial charge in [0.1, 0.15) is 0 Å². The highest BCUT2D eigenvalue weighted by atomic mass is 16.6. The van der Waals surface area contributed by atoms with E-state index in [0.717, 1.165) is 18.8 Å². The fraction of sp³-hybridized carbons (Fsp3) is 0.667. The topological polar surface area (TPSA) is 61.8 Å². The van der Waals surface area contributed by atoms with Gasteiger partial charge in [-0.1, -0.05) is 6.07 Å². The van der Waals surface area contributed by atoms with Crippen LogP contribution in [0.25, 0.3) is 0 Å². The molecule has 0 saturated carbocycles. The van der Waals surface area contributed by atoms with Gasteiger partial charge in [-0.05, 0) is 12.1 Å². The Morgan fingerprint density at radius 1 is 0.905 bits per heavy atom. The monoisotopic (exact) mass is 298 g/mol. The summed E-state index contributed by atoms with van der Waals surface area (Å²) in [6, 6.07) is 5.89. The van der Waals surface area contributed by atoms with Crippen LogP contribution in [0.1, 0.15) is 5.69 Å². The maximum absolute atomic E-state index is 5.45. The molecule has 0 fully saturated rings. The number of methoxy groups -OCH3 is 1. The van der Waals surface area contributed by atoms with Gasteiger partial charge in [-0.3, -0.25) is 4.98 Å². The minimum Gasteiger partial charge on any atom is -0.382 e. The van der Waals surface area contributed by atoms with Gasteiger partial charge in [0.05, 0.1) is 51.9 Å². The van der Waals surface area contributed by atoms with E-state index in [1.54, 1.807) is 13.3 Å². The molecule has 0 unspecified atom stereocenters. The molecule has 6 heteroatoms. The fourth-order valence-electron chi connectivity index (χ4n) is 1.55. The van der Waals surface area contributed by atoms with Gasteiger partial charge in [0.25, 0.3) is 0 Å². The van der Waals surface area contributed by atoms with Crippen molar-refractivity contribution in [3.8, 4) is 0 Å². The van der Waals surface area contributed by atoms with Gasteiger partial charge in [-0.15, -0.1) is 0 Å². The molecule has 1 aromatic heterocycles. The zero-order valence-electron chi connectivity index (χ0n) is 12.8. The van der Waals surface area contributed by atoms with Crippen LogP contribution >= 0.6 is 0 Å². The summed E-state index contributed by atoms with van der Waals surface area (Å²) in [7, 11) is 1.66. The van der Waals surface area contributed by atoms with Crippen molar-refractivity contribution in [3.05, 3.63) is 30.1 Å². The zero-order valence-corrected chi connectivity index (χ0v) is 12.8. The van der Waals surface area contributed by atoms with Crippen LogP contribution in [-0.2, 0) is 25.5 Å². The third-order valence-corrected chi connectivity index (χ3v) is 2.63. The Morgan fingerprint density at radius 2 is 1.57 bits per heavy atom. The first-order valence-corrected chi connectivity index (χ1v) is 7.26. The van der Waals surface area contributed by atoms with Crippen LogP contribution in [0.4, 0.5) is 0 Å². The largest absolute Gasteiger partial charge is 0.382 e. The van der Waals surface area contributed by atoms with Gasteiger partial charge in [0.15, 0.2) is 0 Å². The molecule has 1 N–H and O–H groups in total. The molecular formula is C15H26N2O4. The van der Waals surface area contributed by atoms with Gasteiger partial charge < -0.3 is 24.3 Å². The SMILES string of the molecule is COCCOCCOCCOCCNCc1ccccn1. The smallest absolute Gasteiger partial charge is 0.0701 e. The van der Waals surface area contributed by atoms with Crippen LogP contribution in [0.2, 0.25) is 0 Å². The average Bonchev–Trinajstić information content (AvgIpc) is 2.53. The highest BCUT2D eigenvalue weighted by Crippen LogP contribution is 1.91. The third kappa shape index (κ3) is 11.3. The summed E-state index contributed by atoms with van der Waals surface area (Å²) in [6.45, 7) is 5.83. The van der Waals surface area contributed by atoms with Crippen LogP contribution < -0.4 is 5.32 Å². The van der Waals surface area contributed by atoms with Gasteiger partial charge >= 0.3 is 0 Å². The van der Waals surface area contributed by atoms with E-state index in [1.165, 1.54) is 0 Å². The molecule has 0 radical (unpaired) electrons. The van der Waals surface area contributed by atoms with Gasteiger partial charge in [0, 0.05) is 26.4 Å². The zero-order chi connectivity index (χ0) is 15.0. The second-order valence-electron chi connectivity index (χ2n) is 4.33. The van der Waals surface area contributed by atoms with Crippen molar-refractivity contribution in [1.82, 2.24) is 10.3 Å². The minimum atomic E-state index is 0.588. The highest BCUT2D eigenvalue weighted by molar-refractivity contribution is 5.02. The molecule has 0 aliphatic rings. The fourth-order valence-corrected chi connectivity index (χ4v) is 1.55. The Bertz CT molecular complexity index is 325. The number of pyridine rings is 1. The van der Waals surface area contributed by atoms with Crippen LogP contribution in [0.5, 0.6) is 0 Å². The van der Waals surface area contributed by atoms with Crippen molar-refractivity contribution in [1.29, 1.82) is 0 Å². The van der Waals surface area contributed by atoms with Crippen LogP contribution in [0, 0.1) is 0 Å². The summed E-state index contributed by atoms with van der Waals surface area (Å²) in [6.07, 6.45) is 1.80. The van der Waals surface area contributed by atoms with Crippen LogP contribution in [0.3, 0.4) is 0 Å². The lowest BCUT2D eigenvalue weighted by molar-refractivity contribution is 0.00408. The maximum atomic E-state index is 5.45. The predicted octanol–water partition coefficient (Wildman–Crippen LogP) is 0.867. The first-order valence-electron chi connectivity index (χ1n) is 7.26. The van der Waals surface area contributed by atoms with E-state index in [-0.39, 0.29) is 0 Å². The molecule has 0 aliphatic heterocycles. The van der Waals surface area contributed by atoms with Crippen molar-refractivity contribution >= 4 is 0 Å². The van der Waals surface area contributed by atoms with Crippen molar-refractivity contribution in [2.75, 3.05) is 59.9 Å². The summed E-state index contributed by atoms with van der Waals surface area (Å²) in [5, 5.41) is 3.27. The molecule has 0 saturated heterocycles. The molecule has 120 valence electrons. The second kappa shape index (κ2) is 13.9. The van der Waals surface area contributed by atoms with Gasteiger partial charge in [0.2, 0.25) is 0 Å². The van der Waals surface area contributed by atoms with E-state index >= 15 is 0 Å². The Hall–Kier alpha value is -1.05. The van der Waals surface area contributed by atoms with Gasteiger partial charge in [-0.2, -0.15) is 0 Å². The number of nitrogens with zero attached hydrogens (tertiary/aromatic N) is 1. The third-order valence-electron chi connectivity index (χ3n) is 2.63. The molecule has 0 aromatic carbocycles. The molecule has 6 nitrogen and oxygen atoms in total. The van der Waals surface area contributed by atoms with E-state index in [4.69, 9.17) is 18.9 Å². The predicted molar refractivity (Wildman–Crippen MR) is 80.3 cm³/mol. The number of ether oxygens (including phenoxy) is 4. The van der Waals surface area contributed by atoms with Crippen molar-refractivity contribution in [2.24, 2.45) is 0 Å². The number of hydrogen-bond acceptors (Lipinski definition) is 6. The van der Waals surface area contributed by atoms with Gasteiger partial charge in [-0.25, -0.2) is 0 Å². The van der Waals surface area contributed by atoms with E-state index in [2.05, 4.69) is 10.3 Å². The highest BCUT2D eigenvalue weighted by Gasteiger charge is 1.93. The van der Waals surface area contributed by atoms with E-state index in [1.807, 2.05) is 18.2 Å².